The van der Waals surface area contributed by atoms with Gasteiger partial charge in [-0.1, -0.05) is 48.5 Å². The molecule has 0 N–H and O–H groups in total. The summed E-state index contributed by atoms with van der Waals surface area (Å²) >= 11 is 0. The van der Waals surface area contributed by atoms with Crippen molar-refractivity contribution in [2.24, 2.45) is 4.99 Å². The van der Waals surface area contributed by atoms with E-state index in [1.54, 1.807) is 17.7 Å². The van der Waals surface area contributed by atoms with Gasteiger partial charge >= 0.3 is 0 Å². The molecule has 0 fully saturated rings. The summed E-state index contributed by atoms with van der Waals surface area (Å²) in [6.07, 6.45) is 1.84. The SMILES string of the molecule is CN=C(c1ccccc1)c1ccc(=O)n(-c2ccccc2)c1. The monoisotopic (exact) mass is 288 g/mol. The van der Waals surface area contributed by atoms with Gasteiger partial charge in [-0.05, 0) is 18.2 Å². The Balaban J connectivity index is 2.12. The van der Waals surface area contributed by atoms with Crippen LogP contribution in [0.25, 0.3) is 5.69 Å². The predicted octanol–water partition coefficient (Wildman–Crippen LogP) is 3.30. The van der Waals surface area contributed by atoms with Gasteiger partial charge in [0.15, 0.2) is 0 Å². The number of benzene rings is 2. The molecule has 3 nitrogen and oxygen atoms in total. The molecule has 1 heterocycles. The van der Waals surface area contributed by atoms with Crippen molar-refractivity contribution in [3.05, 3.63) is 100 Å². The molecule has 0 saturated heterocycles. The third kappa shape index (κ3) is 2.74. The zero-order valence-corrected chi connectivity index (χ0v) is 12.3. The molecule has 108 valence electrons. The number of aliphatic imine (C=N–C) groups is 1. The molecule has 0 bridgehead atoms. The smallest absolute Gasteiger partial charge is 0.255 e. The first kappa shape index (κ1) is 14.0. The lowest BCUT2D eigenvalue weighted by molar-refractivity contribution is 0.986. The summed E-state index contributed by atoms with van der Waals surface area (Å²) in [5.74, 6) is 0. The van der Waals surface area contributed by atoms with Gasteiger partial charge in [-0.15, -0.1) is 0 Å². The topological polar surface area (TPSA) is 34.4 Å². The Labute approximate surface area is 129 Å². The molecule has 0 spiro atoms. The van der Waals surface area contributed by atoms with E-state index in [1.165, 1.54) is 0 Å². The first-order chi connectivity index (χ1) is 10.8. The van der Waals surface area contributed by atoms with Crippen LogP contribution < -0.4 is 5.56 Å². The van der Waals surface area contributed by atoms with Crippen molar-refractivity contribution in [3.8, 4) is 5.69 Å². The highest BCUT2D eigenvalue weighted by molar-refractivity contribution is 6.12. The van der Waals surface area contributed by atoms with Crippen molar-refractivity contribution in [2.45, 2.75) is 0 Å². The molecule has 0 atom stereocenters. The van der Waals surface area contributed by atoms with E-state index in [4.69, 9.17) is 0 Å². The van der Waals surface area contributed by atoms with E-state index in [-0.39, 0.29) is 5.56 Å². The Hall–Kier alpha value is -2.94. The second-order valence-corrected chi connectivity index (χ2v) is 4.90. The minimum Gasteiger partial charge on any atom is -0.287 e. The Morgan fingerprint density at radius 2 is 1.45 bits per heavy atom. The minimum absolute atomic E-state index is 0.0570. The number of pyridine rings is 1. The van der Waals surface area contributed by atoms with Gasteiger partial charge in [-0.25, -0.2) is 0 Å². The third-order valence-electron chi connectivity index (χ3n) is 3.49. The molecule has 3 rings (SSSR count). The average molecular weight is 288 g/mol. The highest BCUT2D eigenvalue weighted by Gasteiger charge is 2.08. The molecule has 2 aromatic carbocycles. The molecule has 0 saturated carbocycles. The van der Waals surface area contributed by atoms with Crippen LogP contribution in [0.5, 0.6) is 0 Å². The van der Waals surface area contributed by atoms with Crippen LogP contribution in [0, 0.1) is 0 Å². The number of hydrogen-bond acceptors (Lipinski definition) is 2. The van der Waals surface area contributed by atoms with Crippen LogP contribution in [0.1, 0.15) is 11.1 Å². The van der Waals surface area contributed by atoms with E-state index in [0.29, 0.717) is 0 Å². The maximum Gasteiger partial charge on any atom is 0.255 e. The Morgan fingerprint density at radius 3 is 2.09 bits per heavy atom. The molecule has 1 aromatic heterocycles. The van der Waals surface area contributed by atoms with Gasteiger partial charge in [0.25, 0.3) is 5.56 Å². The lowest BCUT2D eigenvalue weighted by atomic mass is 10.0. The molecule has 0 aliphatic rings. The van der Waals surface area contributed by atoms with Crippen LogP contribution in [-0.4, -0.2) is 17.3 Å². The fourth-order valence-electron chi connectivity index (χ4n) is 2.44. The molecule has 22 heavy (non-hydrogen) atoms. The van der Waals surface area contributed by atoms with Crippen LogP contribution >= 0.6 is 0 Å². The van der Waals surface area contributed by atoms with Crippen molar-refractivity contribution >= 4 is 5.71 Å². The molecule has 0 aliphatic carbocycles. The van der Waals surface area contributed by atoms with Crippen LogP contribution in [0.3, 0.4) is 0 Å². The van der Waals surface area contributed by atoms with Crippen LogP contribution in [0.4, 0.5) is 0 Å². The summed E-state index contributed by atoms with van der Waals surface area (Å²) in [7, 11) is 1.76. The zero-order chi connectivity index (χ0) is 15.4. The molecular weight excluding hydrogens is 272 g/mol. The fourth-order valence-corrected chi connectivity index (χ4v) is 2.44. The lowest BCUT2D eigenvalue weighted by Gasteiger charge is -2.10. The third-order valence-corrected chi connectivity index (χ3v) is 3.49. The van der Waals surface area contributed by atoms with Crippen molar-refractivity contribution in [2.75, 3.05) is 7.05 Å². The summed E-state index contributed by atoms with van der Waals surface area (Å²) in [5, 5.41) is 0. The summed E-state index contributed by atoms with van der Waals surface area (Å²) in [4.78, 5) is 16.5. The normalized spacial score (nSPS) is 11.4. The quantitative estimate of drug-likeness (QED) is 0.681. The number of nitrogens with zero attached hydrogens (tertiary/aromatic N) is 2. The maximum atomic E-state index is 12.1. The van der Waals surface area contributed by atoms with Gasteiger partial charge in [-0.2, -0.15) is 0 Å². The molecule has 3 aromatic rings. The maximum absolute atomic E-state index is 12.1. The Morgan fingerprint density at radius 1 is 0.818 bits per heavy atom. The standard InChI is InChI=1S/C19H16N2O/c1-20-19(15-8-4-2-5-9-15)16-12-13-18(22)21(14-16)17-10-6-3-7-11-17/h2-14H,1H3. The van der Waals surface area contributed by atoms with Crippen LogP contribution in [0.2, 0.25) is 0 Å². The molecule has 3 heteroatoms. The molecule has 0 aliphatic heterocycles. The molecular formula is C19H16N2O. The number of hydrogen-bond donors (Lipinski definition) is 0. The molecule has 0 radical (unpaired) electrons. The summed E-state index contributed by atoms with van der Waals surface area (Å²) in [6.45, 7) is 0. The van der Waals surface area contributed by atoms with Crippen molar-refractivity contribution in [3.63, 3.8) is 0 Å². The van der Waals surface area contributed by atoms with Gasteiger partial charge in [0.1, 0.15) is 0 Å². The summed E-state index contributed by atoms with van der Waals surface area (Å²) in [5.41, 5.74) is 3.60. The van der Waals surface area contributed by atoms with E-state index in [2.05, 4.69) is 4.99 Å². The number of aromatic nitrogens is 1. The molecule has 0 unspecified atom stereocenters. The number of rotatable bonds is 3. The second kappa shape index (κ2) is 6.22. The van der Waals surface area contributed by atoms with E-state index in [9.17, 15) is 4.79 Å². The second-order valence-electron chi connectivity index (χ2n) is 4.90. The highest BCUT2D eigenvalue weighted by Crippen LogP contribution is 2.12. The van der Waals surface area contributed by atoms with E-state index >= 15 is 0 Å². The highest BCUT2D eigenvalue weighted by atomic mass is 16.1. The van der Waals surface area contributed by atoms with Crippen molar-refractivity contribution in [1.82, 2.24) is 4.57 Å². The van der Waals surface area contributed by atoms with Gasteiger partial charge in [0, 0.05) is 36.1 Å². The number of para-hydroxylation sites is 1. The fraction of sp³-hybridized carbons (Fsp3) is 0.0526. The Kier molecular flexibility index (Phi) is 3.97. The first-order valence-corrected chi connectivity index (χ1v) is 7.10. The van der Waals surface area contributed by atoms with Gasteiger partial charge in [-0.3, -0.25) is 14.4 Å². The van der Waals surface area contributed by atoms with Gasteiger partial charge in [0.05, 0.1) is 5.71 Å². The Bertz CT molecular complexity index is 849. The molecule has 0 amide bonds. The first-order valence-electron chi connectivity index (χ1n) is 7.10. The summed E-state index contributed by atoms with van der Waals surface area (Å²) in [6, 6.07) is 23.0. The van der Waals surface area contributed by atoms with Gasteiger partial charge in [0.2, 0.25) is 0 Å². The minimum atomic E-state index is -0.0570. The summed E-state index contributed by atoms with van der Waals surface area (Å²) < 4.78 is 1.64. The van der Waals surface area contributed by atoms with E-state index in [0.717, 1.165) is 22.5 Å². The van der Waals surface area contributed by atoms with Crippen molar-refractivity contribution in [1.29, 1.82) is 0 Å². The van der Waals surface area contributed by atoms with Gasteiger partial charge < -0.3 is 0 Å². The lowest BCUT2D eigenvalue weighted by Crippen LogP contribution is -2.18. The largest absolute Gasteiger partial charge is 0.287 e. The van der Waals surface area contributed by atoms with E-state index < -0.39 is 0 Å². The zero-order valence-electron chi connectivity index (χ0n) is 12.3. The predicted molar refractivity (Wildman–Crippen MR) is 90.0 cm³/mol. The van der Waals surface area contributed by atoms with Crippen LogP contribution in [-0.2, 0) is 0 Å². The van der Waals surface area contributed by atoms with E-state index in [1.807, 2.05) is 72.9 Å². The van der Waals surface area contributed by atoms with Crippen molar-refractivity contribution < 1.29 is 0 Å². The van der Waals surface area contributed by atoms with Crippen LogP contribution in [0.15, 0.2) is 88.8 Å². The average Bonchev–Trinajstić information content (AvgIpc) is 2.59.